The van der Waals surface area contributed by atoms with E-state index in [2.05, 4.69) is 0 Å². The summed E-state index contributed by atoms with van der Waals surface area (Å²) >= 11 is 0. The molecule has 112 valence electrons. The van der Waals surface area contributed by atoms with Gasteiger partial charge in [0.25, 0.3) is 0 Å². The van der Waals surface area contributed by atoms with Gasteiger partial charge >= 0.3 is 6.18 Å². The number of halogens is 4. The van der Waals surface area contributed by atoms with Crippen molar-refractivity contribution in [1.29, 1.82) is 0 Å². The molecule has 0 atom stereocenters. The van der Waals surface area contributed by atoms with E-state index in [0.29, 0.717) is 0 Å². The molecule has 0 unspecified atom stereocenters. The lowest BCUT2D eigenvalue weighted by Crippen LogP contribution is -2.45. The Morgan fingerprint density at radius 1 is 0.714 bits per heavy atom. The summed E-state index contributed by atoms with van der Waals surface area (Å²) in [7, 11) is 0. The molecule has 2 rings (SSSR count). The summed E-state index contributed by atoms with van der Waals surface area (Å²) in [5.41, 5.74) is -1.11. The Morgan fingerprint density at radius 2 is 1.05 bits per heavy atom. The van der Waals surface area contributed by atoms with Gasteiger partial charge in [-0.1, -0.05) is 59.7 Å². The molecule has 0 aromatic heterocycles. The normalized spacial score (nSPS) is 12.5. The molecule has 2 aromatic rings. The monoisotopic (exact) mass is 296 g/mol. The van der Waals surface area contributed by atoms with Crippen LogP contribution in [-0.4, -0.2) is 12.9 Å². The Kier molecular flexibility index (Phi) is 4.08. The van der Waals surface area contributed by atoms with E-state index in [1.165, 1.54) is 24.3 Å². The first-order chi connectivity index (χ1) is 9.81. The summed E-state index contributed by atoms with van der Waals surface area (Å²) in [6.45, 7) is 2.03. The molecule has 0 heterocycles. The van der Waals surface area contributed by atoms with Crippen molar-refractivity contribution >= 4 is 0 Å². The van der Waals surface area contributed by atoms with Crippen molar-refractivity contribution in [2.24, 2.45) is 0 Å². The molecule has 0 fully saturated rings. The van der Waals surface area contributed by atoms with Crippen LogP contribution in [0.25, 0.3) is 0 Å². The van der Waals surface area contributed by atoms with Crippen LogP contribution < -0.4 is 0 Å². The fourth-order valence-electron chi connectivity index (χ4n) is 2.40. The van der Waals surface area contributed by atoms with E-state index in [1.807, 2.05) is 0 Å². The summed E-state index contributed by atoms with van der Waals surface area (Å²) in [5.74, 6) is 0. The maximum absolute atomic E-state index is 13.7. The number of rotatable bonds is 3. The first-order valence-corrected chi connectivity index (χ1v) is 6.58. The van der Waals surface area contributed by atoms with Gasteiger partial charge in [0.2, 0.25) is 0 Å². The SMILES string of the molecule is Cc1ccc(C(CF)(c2ccc(C)cc2)C(F)(F)F)cc1. The highest BCUT2D eigenvalue weighted by Crippen LogP contribution is 2.46. The highest BCUT2D eigenvalue weighted by Gasteiger charge is 2.57. The molecule has 0 spiro atoms. The Hall–Kier alpha value is -1.84. The summed E-state index contributed by atoms with van der Waals surface area (Å²) in [4.78, 5) is 0. The second-order valence-electron chi connectivity index (χ2n) is 5.27. The smallest absolute Gasteiger partial charge is 0.249 e. The van der Waals surface area contributed by atoms with Gasteiger partial charge in [-0.05, 0) is 25.0 Å². The molecular formula is C17H16F4. The fraction of sp³-hybridized carbons (Fsp3) is 0.294. The molecule has 4 heteroatoms. The second kappa shape index (κ2) is 5.51. The third-order valence-electron chi connectivity index (χ3n) is 3.77. The minimum Gasteiger partial charge on any atom is -0.249 e. The van der Waals surface area contributed by atoms with Gasteiger partial charge in [0.05, 0.1) is 0 Å². The average molecular weight is 296 g/mol. The molecule has 0 amide bonds. The van der Waals surface area contributed by atoms with E-state index in [9.17, 15) is 17.6 Å². The summed E-state index contributed by atoms with van der Waals surface area (Å²) < 4.78 is 54.8. The average Bonchev–Trinajstić information content (AvgIpc) is 2.42. The van der Waals surface area contributed by atoms with Crippen molar-refractivity contribution in [3.05, 3.63) is 70.8 Å². The van der Waals surface area contributed by atoms with Gasteiger partial charge < -0.3 is 0 Å². The zero-order chi connectivity index (χ0) is 15.7. The summed E-state index contributed by atoms with van der Waals surface area (Å²) in [5, 5.41) is 0. The van der Waals surface area contributed by atoms with Gasteiger partial charge in [-0.2, -0.15) is 13.2 Å². The Bertz CT molecular complexity index is 549. The Morgan fingerprint density at radius 3 is 1.29 bits per heavy atom. The highest BCUT2D eigenvalue weighted by atomic mass is 19.4. The van der Waals surface area contributed by atoms with E-state index >= 15 is 0 Å². The predicted molar refractivity (Wildman–Crippen MR) is 75.2 cm³/mol. The minimum absolute atomic E-state index is 0.0769. The first-order valence-electron chi connectivity index (χ1n) is 6.58. The van der Waals surface area contributed by atoms with Crippen LogP contribution >= 0.6 is 0 Å². The predicted octanol–water partition coefficient (Wildman–Crippen LogP) is 5.12. The quantitative estimate of drug-likeness (QED) is 0.689. The molecule has 21 heavy (non-hydrogen) atoms. The van der Waals surface area contributed by atoms with E-state index in [4.69, 9.17) is 0 Å². The molecule has 0 aliphatic carbocycles. The molecule has 0 radical (unpaired) electrons. The number of benzene rings is 2. The van der Waals surface area contributed by atoms with Crippen molar-refractivity contribution in [2.45, 2.75) is 25.4 Å². The van der Waals surface area contributed by atoms with Crippen LogP contribution in [0, 0.1) is 13.8 Å². The number of hydrogen-bond donors (Lipinski definition) is 0. The van der Waals surface area contributed by atoms with Gasteiger partial charge in [-0.3, -0.25) is 0 Å². The number of alkyl halides is 4. The zero-order valence-electron chi connectivity index (χ0n) is 11.8. The topological polar surface area (TPSA) is 0 Å². The maximum Gasteiger partial charge on any atom is 0.404 e. The first kappa shape index (κ1) is 15.5. The van der Waals surface area contributed by atoms with Gasteiger partial charge in [0.15, 0.2) is 0 Å². The molecule has 0 aliphatic heterocycles. The van der Waals surface area contributed by atoms with E-state index < -0.39 is 18.3 Å². The lowest BCUT2D eigenvalue weighted by atomic mass is 9.74. The van der Waals surface area contributed by atoms with Gasteiger partial charge in [-0.25, -0.2) is 4.39 Å². The fourth-order valence-corrected chi connectivity index (χ4v) is 2.40. The molecule has 0 N–H and O–H groups in total. The number of aryl methyl sites for hydroxylation is 2. The molecule has 0 bridgehead atoms. The number of hydrogen-bond acceptors (Lipinski definition) is 0. The van der Waals surface area contributed by atoms with Gasteiger partial charge in [0.1, 0.15) is 12.1 Å². The third-order valence-corrected chi connectivity index (χ3v) is 3.77. The van der Waals surface area contributed by atoms with Crippen LogP contribution in [0.15, 0.2) is 48.5 Å². The Labute approximate surface area is 121 Å². The largest absolute Gasteiger partial charge is 0.404 e. The summed E-state index contributed by atoms with van der Waals surface area (Å²) in [6.07, 6.45) is -4.72. The maximum atomic E-state index is 13.7. The highest BCUT2D eigenvalue weighted by molar-refractivity contribution is 5.43. The summed E-state index contributed by atoms with van der Waals surface area (Å²) in [6, 6.07) is 11.7. The second-order valence-corrected chi connectivity index (χ2v) is 5.27. The molecule has 2 aromatic carbocycles. The standard InChI is InChI=1S/C17H16F4/c1-12-3-7-14(8-4-12)16(11-18,17(19,20)21)15-9-5-13(2)6-10-15/h3-10H,11H2,1-2H3. The molecule has 0 aliphatic rings. The van der Waals surface area contributed by atoms with Crippen molar-refractivity contribution in [2.75, 3.05) is 6.67 Å². The zero-order valence-corrected chi connectivity index (χ0v) is 11.8. The third kappa shape index (κ3) is 2.67. The molecule has 0 saturated heterocycles. The van der Waals surface area contributed by atoms with Crippen LogP contribution in [0.3, 0.4) is 0 Å². The van der Waals surface area contributed by atoms with Gasteiger partial charge in [-0.15, -0.1) is 0 Å². The van der Waals surface area contributed by atoms with Crippen LogP contribution in [0.5, 0.6) is 0 Å². The van der Waals surface area contributed by atoms with Crippen LogP contribution in [0.1, 0.15) is 22.3 Å². The Balaban J connectivity index is 2.69. The van der Waals surface area contributed by atoms with Crippen LogP contribution in [-0.2, 0) is 5.41 Å². The van der Waals surface area contributed by atoms with Crippen molar-refractivity contribution in [3.8, 4) is 0 Å². The lowest BCUT2D eigenvalue weighted by Gasteiger charge is -2.34. The van der Waals surface area contributed by atoms with Crippen LogP contribution in [0.2, 0.25) is 0 Å². The molecular weight excluding hydrogens is 280 g/mol. The van der Waals surface area contributed by atoms with E-state index in [1.54, 1.807) is 38.1 Å². The van der Waals surface area contributed by atoms with Crippen LogP contribution in [0.4, 0.5) is 17.6 Å². The molecule has 0 nitrogen and oxygen atoms in total. The lowest BCUT2D eigenvalue weighted by molar-refractivity contribution is -0.182. The van der Waals surface area contributed by atoms with E-state index in [0.717, 1.165) is 11.1 Å². The van der Waals surface area contributed by atoms with Crippen molar-refractivity contribution < 1.29 is 17.6 Å². The molecule has 0 saturated carbocycles. The van der Waals surface area contributed by atoms with E-state index in [-0.39, 0.29) is 11.1 Å². The van der Waals surface area contributed by atoms with Crippen molar-refractivity contribution in [3.63, 3.8) is 0 Å². The van der Waals surface area contributed by atoms with Crippen molar-refractivity contribution in [1.82, 2.24) is 0 Å². The minimum atomic E-state index is -4.72. The van der Waals surface area contributed by atoms with Gasteiger partial charge in [0, 0.05) is 0 Å².